The van der Waals surface area contributed by atoms with Crippen molar-refractivity contribution in [3.8, 4) is 5.75 Å². The molecule has 1 amide bonds. The molecule has 0 aliphatic carbocycles. The first-order valence-electron chi connectivity index (χ1n) is 9.74. The van der Waals surface area contributed by atoms with Crippen molar-refractivity contribution in [1.82, 2.24) is 10.3 Å². The summed E-state index contributed by atoms with van der Waals surface area (Å²) < 4.78 is 6.38. The lowest BCUT2D eigenvalue weighted by Gasteiger charge is -2.31. The Morgan fingerprint density at radius 1 is 1.25 bits per heavy atom. The van der Waals surface area contributed by atoms with E-state index < -0.39 is 0 Å². The maximum absolute atomic E-state index is 12.7. The van der Waals surface area contributed by atoms with Crippen molar-refractivity contribution in [2.75, 3.05) is 31.6 Å². The highest BCUT2D eigenvalue weighted by Crippen LogP contribution is 2.31. The van der Waals surface area contributed by atoms with E-state index in [0.717, 1.165) is 48.7 Å². The van der Waals surface area contributed by atoms with E-state index in [4.69, 9.17) is 9.72 Å². The van der Waals surface area contributed by atoms with Crippen molar-refractivity contribution in [3.05, 3.63) is 54.1 Å². The van der Waals surface area contributed by atoms with E-state index >= 15 is 0 Å². The van der Waals surface area contributed by atoms with Crippen LogP contribution in [0, 0.1) is 5.92 Å². The van der Waals surface area contributed by atoms with Gasteiger partial charge in [-0.25, -0.2) is 4.98 Å². The van der Waals surface area contributed by atoms with E-state index in [1.54, 1.807) is 18.4 Å². The molecule has 1 aliphatic heterocycles. The molecule has 1 aromatic heterocycles. The first-order chi connectivity index (χ1) is 13.7. The summed E-state index contributed by atoms with van der Waals surface area (Å²) in [7, 11) is 1.66. The summed E-state index contributed by atoms with van der Waals surface area (Å²) in [6.45, 7) is 2.37. The molecule has 0 saturated carbocycles. The highest BCUT2D eigenvalue weighted by Gasteiger charge is 2.27. The number of hydrogen-bond acceptors (Lipinski definition) is 5. The molecule has 1 fully saturated rings. The van der Waals surface area contributed by atoms with E-state index in [-0.39, 0.29) is 11.8 Å². The molecule has 3 aromatic rings. The maximum Gasteiger partial charge on any atom is 0.224 e. The molecule has 1 N–H and O–H groups in total. The number of para-hydroxylation sites is 1. The monoisotopic (exact) mass is 395 g/mol. The number of amides is 1. The van der Waals surface area contributed by atoms with Crippen LogP contribution in [0.4, 0.5) is 5.13 Å². The van der Waals surface area contributed by atoms with Crippen LogP contribution in [-0.4, -0.2) is 37.6 Å². The number of aromatic nitrogens is 1. The summed E-state index contributed by atoms with van der Waals surface area (Å²) in [6, 6.07) is 16.2. The predicted octanol–water partition coefficient (Wildman–Crippen LogP) is 3.88. The molecular weight excluding hydrogens is 370 g/mol. The standard InChI is InChI=1S/C22H25N3O2S/c1-27-18-10-8-16(9-11-18)12-13-23-21(26)17-5-4-14-25(15-17)22-24-19-6-2-3-7-20(19)28-22/h2-3,6-11,17H,4-5,12-15H2,1H3,(H,23,26). The van der Waals surface area contributed by atoms with Crippen LogP contribution in [0.25, 0.3) is 10.2 Å². The van der Waals surface area contributed by atoms with Gasteiger partial charge in [-0.15, -0.1) is 0 Å². The number of thiazole rings is 1. The minimum Gasteiger partial charge on any atom is -0.497 e. The van der Waals surface area contributed by atoms with Crippen LogP contribution >= 0.6 is 11.3 Å². The fourth-order valence-corrected chi connectivity index (χ4v) is 4.63. The zero-order chi connectivity index (χ0) is 19.3. The average Bonchev–Trinajstić information content (AvgIpc) is 3.19. The number of piperidine rings is 1. The number of methoxy groups -OCH3 is 1. The van der Waals surface area contributed by atoms with E-state index in [2.05, 4.69) is 16.3 Å². The second kappa shape index (κ2) is 8.61. The number of hydrogen-bond donors (Lipinski definition) is 1. The number of carbonyl (C=O) groups is 1. The average molecular weight is 396 g/mol. The largest absolute Gasteiger partial charge is 0.497 e. The van der Waals surface area contributed by atoms with E-state index in [0.29, 0.717) is 6.54 Å². The molecule has 1 aliphatic rings. The quantitative estimate of drug-likeness (QED) is 0.688. The van der Waals surface area contributed by atoms with Crippen LogP contribution < -0.4 is 15.0 Å². The van der Waals surface area contributed by atoms with Crippen molar-refractivity contribution in [1.29, 1.82) is 0 Å². The van der Waals surface area contributed by atoms with Gasteiger partial charge in [0.1, 0.15) is 5.75 Å². The third-order valence-corrected chi connectivity index (χ3v) is 6.31. The second-order valence-electron chi connectivity index (χ2n) is 7.14. The molecule has 1 atom stereocenters. The lowest BCUT2D eigenvalue weighted by atomic mass is 9.97. The Bertz CT molecular complexity index is 905. The van der Waals surface area contributed by atoms with Gasteiger partial charge in [0, 0.05) is 19.6 Å². The second-order valence-corrected chi connectivity index (χ2v) is 8.15. The van der Waals surface area contributed by atoms with E-state index in [1.165, 1.54) is 10.3 Å². The molecule has 4 rings (SSSR count). The van der Waals surface area contributed by atoms with Crippen molar-refractivity contribution >= 4 is 32.6 Å². The fourth-order valence-electron chi connectivity index (χ4n) is 3.63. The predicted molar refractivity (Wildman–Crippen MR) is 114 cm³/mol. The van der Waals surface area contributed by atoms with Gasteiger partial charge in [0.2, 0.25) is 5.91 Å². The molecule has 1 unspecified atom stereocenters. The van der Waals surface area contributed by atoms with Crippen molar-refractivity contribution in [2.45, 2.75) is 19.3 Å². The van der Waals surface area contributed by atoms with Crippen LogP contribution in [0.15, 0.2) is 48.5 Å². The fraction of sp³-hybridized carbons (Fsp3) is 0.364. The zero-order valence-electron chi connectivity index (χ0n) is 16.1. The van der Waals surface area contributed by atoms with Gasteiger partial charge < -0.3 is 15.0 Å². The molecule has 6 heteroatoms. The third kappa shape index (κ3) is 4.28. The Morgan fingerprint density at radius 3 is 2.86 bits per heavy atom. The molecular formula is C22H25N3O2S. The van der Waals surface area contributed by atoms with Crippen molar-refractivity contribution < 1.29 is 9.53 Å². The SMILES string of the molecule is COc1ccc(CCNC(=O)C2CCCN(c3nc4ccccc4s3)C2)cc1. The van der Waals surface area contributed by atoms with Crippen molar-refractivity contribution in [2.24, 2.45) is 5.92 Å². The van der Waals surface area contributed by atoms with E-state index in [9.17, 15) is 4.79 Å². The number of carbonyl (C=O) groups excluding carboxylic acids is 1. The Hall–Kier alpha value is -2.60. The number of nitrogens with zero attached hydrogens (tertiary/aromatic N) is 2. The Morgan fingerprint density at radius 2 is 2.07 bits per heavy atom. The van der Waals surface area contributed by atoms with Crippen LogP contribution in [-0.2, 0) is 11.2 Å². The molecule has 2 heterocycles. The summed E-state index contributed by atoms with van der Waals surface area (Å²) in [5.41, 5.74) is 2.23. The Kier molecular flexibility index (Phi) is 5.76. The number of fused-ring (bicyclic) bond motifs is 1. The first kappa shape index (κ1) is 18.7. The number of ether oxygens (including phenoxy) is 1. The smallest absolute Gasteiger partial charge is 0.224 e. The highest BCUT2D eigenvalue weighted by atomic mass is 32.1. The minimum absolute atomic E-state index is 0.0247. The third-order valence-electron chi connectivity index (χ3n) is 5.22. The van der Waals surface area contributed by atoms with Crippen LogP contribution in [0.5, 0.6) is 5.75 Å². The van der Waals surface area contributed by atoms with Crippen LogP contribution in [0.3, 0.4) is 0 Å². The Balaban J connectivity index is 1.31. The highest BCUT2D eigenvalue weighted by molar-refractivity contribution is 7.22. The lowest BCUT2D eigenvalue weighted by molar-refractivity contribution is -0.125. The molecule has 146 valence electrons. The molecule has 2 aromatic carbocycles. The summed E-state index contributed by atoms with van der Waals surface area (Å²) >= 11 is 1.71. The van der Waals surface area contributed by atoms with Crippen molar-refractivity contribution in [3.63, 3.8) is 0 Å². The van der Waals surface area contributed by atoms with Gasteiger partial charge >= 0.3 is 0 Å². The number of benzene rings is 2. The zero-order valence-corrected chi connectivity index (χ0v) is 16.9. The van der Waals surface area contributed by atoms with Crippen LogP contribution in [0.1, 0.15) is 18.4 Å². The van der Waals surface area contributed by atoms with Gasteiger partial charge in [-0.1, -0.05) is 35.6 Å². The van der Waals surface area contributed by atoms with Gasteiger partial charge in [-0.3, -0.25) is 4.79 Å². The molecule has 5 nitrogen and oxygen atoms in total. The first-order valence-corrected chi connectivity index (χ1v) is 10.6. The number of rotatable bonds is 6. The summed E-state index contributed by atoms with van der Waals surface area (Å²) in [4.78, 5) is 19.7. The summed E-state index contributed by atoms with van der Waals surface area (Å²) in [5.74, 6) is 1.03. The number of nitrogens with one attached hydrogen (secondary N) is 1. The lowest BCUT2D eigenvalue weighted by Crippen LogP contribution is -2.43. The van der Waals surface area contributed by atoms with Gasteiger partial charge in [0.05, 0.1) is 23.2 Å². The minimum atomic E-state index is 0.0247. The molecule has 0 bridgehead atoms. The number of anilines is 1. The van der Waals surface area contributed by atoms with Crippen LogP contribution in [0.2, 0.25) is 0 Å². The topological polar surface area (TPSA) is 54.5 Å². The molecule has 1 saturated heterocycles. The molecule has 28 heavy (non-hydrogen) atoms. The summed E-state index contributed by atoms with van der Waals surface area (Å²) in [6.07, 6.45) is 2.78. The van der Waals surface area contributed by atoms with E-state index in [1.807, 2.05) is 42.5 Å². The maximum atomic E-state index is 12.7. The van der Waals surface area contributed by atoms with Gasteiger partial charge in [-0.05, 0) is 49.1 Å². The normalized spacial score (nSPS) is 16.9. The molecule has 0 radical (unpaired) electrons. The van der Waals surface area contributed by atoms with Gasteiger partial charge in [-0.2, -0.15) is 0 Å². The van der Waals surface area contributed by atoms with Gasteiger partial charge in [0.25, 0.3) is 0 Å². The Labute approximate surface area is 169 Å². The molecule has 0 spiro atoms. The summed E-state index contributed by atoms with van der Waals surface area (Å²) in [5, 5.41) is 4.14. The van der Waals surface area contributed by atoms with Gasteiger partial charge in [0.15, 0.2) is 5.13 Å².